The molecule has 370 valence electrons. The SMILES string of the molecule is CN(CCSOO[O-])c1ccc2c(-c3cc(P(=O)(OCCCCCC(=O)OC(C)(C)C)OCCCCNC(=O)OC(C)(C)C)ccc3C(=O)[O-])c3ccc(=[N+](C)CCS(=O)(=O)[O-])cc-3oc2c1. The van der Waals surface area contributed by atoms with Gasteiger partial charge in [0.05, 0.1) is 36.3 Å². The average molecular weight is 994 g/mol. The first-order valence-corrected chi connectivity index (χ1v) is 25.6. The van der Waals surface area contributed by atoms with Crippen molar-refractivity contribution in [3.63, 3.8) is 0 Å². The van der Waals surface area contributed by atoms with E-state index in [0.717, 1.165) is 12.0 Å². The van der Waals surface area contributed by atoms with Crippen LogP contribution in [0.15, 0.2) is 59.0 Å². The summed E-state index contributed by atoms with van der Waals surface area (Å²) in [6, 6.07) is 14.3. The van der Waals surface area contributed by atoms with Gasteiger partial charge in [0, 0.05) is 84.3 Å². The summed E-state index contributed by atoms with van der Waals surface area (Å²) >= 11 is 0.817. The first-order valence-electron chi connectivity index (χ1n) is 21.6. The summed E-state index contributed by atoms with van der Waals surface area (Å²) in [5.74, 6) is -1.91. The number of alkyl carbamates (subject to hydrolysis) is 1. The topological polar surface area (TPSA) is 258 Å². The second-order valence-electron chi connectivity index (χ2n) is 17.6. The Hall–Kier alpha value is -4.57. The minimum atomic E-state index is -4.52. The second kappa shape index (κ2) is 24.6. The molecule has 2 aromatic carbocycles. The van der Waals surface area contributed by atoms with Gasteiger partial charge in [-0.15, -0.1) is 0 Å². The standard InChI is InChI=1S/C45H62N3O16PS2/c1-44(2,3)61-40(49)14-10-9-12-24-58-65(54,59-25-13-11-21-46-43(52)62-45(4,5)6)33-17-20-34(42(50)51)37(30-33)41-35-18-15-31(47(7)22-26-66-64-63-53)28-38(35)60-39-29-32(16-19-36(39)41)48(8)23-27-67(55,56)57/h15-20,28-30H,9-14,21-27H2,1-8H3,(H3-,46,50,51,52,53,55,56,57)/p-2. The van der Waals surface area contributed by atoms with Crippen molar-refractivity contribution in [1.29, 1.82) is 0 Å². The highest BCUT2D eigenvalue weighted by Gasteiger charge is 2.31. The number of nitrogens with one attached hydrogen (secondary N) is 1. The molecule has 0 bridgehead atoms. The fraction of sp³-hybridized carbons (Fsp3) is 0.511. The molecule has 2 aromatic rings. The molecule has 0 saturated carbocycles. The highest BCUT2D eigenvalue weighted by atomic mass is 32.2. The van der Waals surface area contributed by atoms with E-state index in [4.69, 9.17) is 22.9 Å². The third kappa shape index (κ3) is 17.8. The van der Waals surface area contributed by atoms with Crippen molar-refractivity contribution in [3.05, 3.63) is 65.5 Å². The van der Waals surface area contributed by atoms with E-state index >= 15 is 0 Å². The van der Waals surface area contributed by atoms with Gasteiger partial charge in [-0.1, -0.05) is 12.5 Å². The number of hydrogen-bond donors (Lipinski definition) is 1. The first-order chi connectivity index (χ1) is 31.4. The Labute approximate surface area is 395 Å². The van der Waals surface area contributed by atoms with Crippen LogP contribution in [0, 0.1) is 0 Å². The summed E-state index contributed by atoms with van der Waals surface area (Å²) in [7, 11) is -5.35. The number of fused-ring (bicyclic) bond motifs is 2. The van der Waals surface area contributed by atoms with Gasteiger partial charge in [0.1, 0.15) is 39.7 Å². The van der Waals surface area contributed by atoms with E-state index in [1.807, 2.05) is 4.90 Å². The van der Waals surface area contributed by atoms with Crippen molar-refractivity contribution < 1.29 is 74.6 Å². The minimum Gasteiger partial charge on any atom is -0.748 e. The number of rotatable bonds is 25. The van der Waals surface area contributed by atoms with Gasteiger partial charge in [0.2, 0.25) is 5.36 Å². The van der Waals surface area contributed by atoms with E-state index in [2.05, 4.69) is 14.7 Å². The highest BCUT2D eigenvalue weighted by molar-refractivity contribution is 7.94. The molecule has 0 fully saturated rings. The Balaban J connectivity index is 1.80. The summed E-state index contributed by atoms with van der Waals surface area (Å²) in [4.78, 5) is 39.2. The Morgan fingerprint density at radius 3 is 2.21 bits per heavy atom. The molecule has 1 unspecified atom stereocenters. The Morgan fingerprint density at radius 2 is 1.57 bits per heavy atom. The zero-order chi connectivity index (χ0) is 49.6. The number of ether oxygens (including phenoxy) is 2. The van der Waals surface area contributed by atoms with Crippen molar-refractivity contribution in [2.45, 2.75) is 91.3 Å². The number of carbonyl (C=O) groups is 3. The van der Waals surface area contributed by atoms with E-state index in [0.29, 0.717) is 77.5 Å². The number of nitrogens with zero attached hydrogens (tertiary/aromatic N) is 2. The molecule has 1 amide bonds. The zero-order valence-corrected chi connectivity index (χ0v) is 41.6. The molecule has 2 aliphatic rings. The van der Waals surface area contributed by atoms with Gasteiger partial charge in [0.15, 0.2) is 6.54 Å². The van der Waals surface area contributed by atoms with Gasteiger partial charge >= 0.3 is 19.7 Å². The lowest BCUT2D eigenvalue weighted by molar-refractivity contribution is -0.777. The maximum atomic E-state index is 15.0. The smallest absolute Gasteiger partial charge is 0.407 e. The zero-order valence-electron chi connectivity index (χ0n) is 39.1. The maximum absolute atomic E-state index is 15.0. The molecule has 1 aliphatic carbocycles. The van der Waals surface area contributed by atoms with Crippen LogP contribution in [0.5, 0.6) is 0 Å². The van der Waals surface area contributed by atoms with Gasteiger partial charge in [-0.25, -0.2) is 17.8 Å². The molecule has 1 aliphatic heterocycles. The average Bonchev–Trinajstić information content (AvgIpc) is 3.23. The number of amides is 1. The van der Waals surface area contributed by atoms with Crippen LogP contribution in [0.1, 0.15) is 90.4 Å². The van der Waals surface area contributed by atoms with Crippen molar-refractivity contribution >= 4 is 69.7 Å². The van der Waals surface area contributed by atoms with E-state index in [9.17, 15) is 42.3 Å². The predicted octanol–water partition coefficient (Wildman–Crippen LogP) is 4.88. The van der Waals surface area contributed by atoms with Crippen LogP contribution in [0.25, 0.3) is 33.4 Å². The number of unbranched alkanes of at least 4 members (excludes halogenated alkanes) is 3. The van der Waals surface area contributed by atoms with Gasteiger partial charge in [0.25, 0.3) is 0 Å². The van der Waals surface area contributed by atoms with Crippen molar-refractivity contribution in [1.82, 2.24) is 9.89 Å². The number of carboxylic acid groups (broad SMARTS) is 1. The van der Waals surface area contributed by atoms with Crippen molar-refractivity contribution in [2.24, 2.45) is 0 Å². The third-order valence-electron chi connectivity index (χ3n) is 9.85. The third-order valence-corrected chi connectivity index (χ3v) is 13.0. The Bertz CT molecular complexity index is 2490. The molecule has 0 radical (unpaired) electrons. The number of anilines is 1. The van der Waals surface area contributed by atoms with Gasteiger partial charge < -0.3 is 52.9 Å². The Morgan fingerprint density at radius 1 is 0.881 bits per heavy atom. The van der Waals surface area contributed by atoms with Crippen LogP contribution in [0.2, 0.25) is 0 Å². The van der Waals surface area contributed by atoms with Crippen LogP contribution < -0.4 is 35.8 Å². The van der Waals surface area contributed by atoms with E-state index in [1.165, 1.54) is 18.2 Å². The van der Waals surface area contributed by atoms with Crippen molar-refractivity contribution in [3.8, 4) is 22.5 Å². The van der Waals surface area contributed by atoms with Crippen LogP contribution in [-0.2, 0) is 47.4 Å². The lowest BCUT2D eigenvalue weighted by atomic mass is 9.90. The monoisotopic (exact) mass is 993 g/mol. The quantitative estimate of drug-likeness (QED) is 0.0107. The first kappa shape index (κ1) is 55.0. The van der Waals surface area contributed by atoms with Gasteiger partial charge in [-0.3, -0.25) is 14.4 Å². The summed E-state index contributed by atoms with van der Waals surface area (Å²) in [6.07, 6.45) is 1.83. The molecule has 4 rings (SSSR count). The van der Waals surface area contributed by atoms with Crippen LogP contribution >= 0.6 is 19.6 Å². The molecule has 0 aromatic heterocycles. The largest absolute Gasteiger partial charge is 0.748 e. The summed E-state index contributed by atoms with van der Waals surface area (Å²) < 4.78 is 84.6. The molecule has 67 heavy (non-hydrogen) atoms. The molecular weight excluding hydrogens is 934 g/mol. The molecule has 0 saturated heterocycles. The minimum absolute atomic E-state index is 0.0335. The molecular formula is C45H60N3O16PS2-2. The summed E-state index contributed by atoms with van der Waals surface area (Å²) in [5.41, 5.74) is 0.311. The van der Waals surface area contributed by atoms with E-state index in [-0.39, 0.29) is 60.9 Å². The molecule has 1 heterocycles. The molecule has 22 heteroatoms. The number of hydrogen-bond acceptors (Lipinski definition) is 18. The highest BCUT2D eigenvalue weighted by Crippen LogP contribution is 2.49. The number of carboxylic acids is 1. The fourth-order valence-corrected chi connectivity index (χ4v) is 9.29. The normalized spacial score (nSPS) is 13.6. The predicted molar refractivity (Wildman–Crippen MR) is 248 cm³/mol. The number of benzene rings is 3. The Kier molecular flexibility index (Phi) is 20.2. The molecule has 0 spiro atoms. The fourth-order valence-electron chi connectivity index (χ4n) is 6.68. The second-order valence-corrected chi connectivity index (χ2v) is 21.9. The molecule has 1 atom stereocenters. The van der Waals surface area contributed by atoms with E-state index < -0.39 is 46.7 Å². The molecule has 1 N–H and O–H groups in total. The lowest BCUT2D eigenvalue weighted by Gasteiger charge is -2.23. The number of esters is 1. The lowest BCUT2D eigenvalue weighted by Crippen LogP contribution is -2.33. The number of aromatic carboxylic acids is 1. The molecule has 19 nitrogen and oxygen atoms in total. The summed E-state index contributed by atoms with van der Waals surface area (Å²) in [5, 5.41) is 30.3. The van der Waals surface area contributed by atoms with E-state index in [1.54, 1.807) is 96.6 Å². The van der Waals surface area contributed by atoms with Crippen molar-refractivity contribution in [2.75, 3.05) is 63.3 Å². The van der Waals surface area contributed by atoms with Crippen LogP contribution in [-0.4, -0.2) is 101 Å². The number of carbonyl (C=O) groups excluding carboxylic acids is 3. The van der Waals surface area contributed by atoms with Crippen LogP contribution in [0.3, 0.4) is 0 Å². The van der Waals surface area contributed by atoms with Crippen LogP contribution in [0.4, 0.5) is 10.5 Å². The maximum Gasteiger partial charge on any atom is 0.407 e. The van der Waals surface area contributed by atoms with Gasteiger partial charge in [-0.2, -0.15) is 4.33 Å². The summed E-state index contributed by atoms with van der Waals surface area (Å²) in [6.45, 7) is 11.1. The van der Waals surface area contributed by atoms with Gasteiger partial charge in [-0.05, 0) is 103 Å².